The Kier molecular flexibility index (Phi) is 5.37. The summed E-state index contributed by atoms with van der Waals surface area (Å²) in [4.78, 5) is 26.7. The van der Waals surface area contributed by atoms with Crippen LogP contribution in [0.25, 0.3) is 11.0 Å². The van der Waals surface area contributed by atoms with E-state index in [0.29, 0.717) is 10.8 Å². The van der Waals surface area contributed by atoms with Gasteiger partial charge in [0.05, 0.1) is 15.9 Å². The van der Waals surface area contributed by atoms with Gasteiger partial charge >= 0.3 is 0 Å². The highest BCUT2D eigenvalue weighted by Crippen LogP contribution is 2.30. The number of imidazole rings is 1. The number of thiophene rings is 2. The summed E-state index contributed by atoms with van der Waals surface area (Å²) in [5.41, 5.74) is 3.00. The number of H-pyrrole nitrogens is 1. The maximum absolute atomic E-state index is 13.2. The number of hydrogen-bond donors (Lipinski definition) is 2. The van der Waals surface area contributed by atoms with Gasteiger partial charge in [-0.15, -0.1) is 22.7 Å². The number of hydrogen-bond acceptors (Lipinski definition) is 5. The Morgan fingerprint density at radius 2 is 2.13 bits per heavy atom. The summed E-state index contributed by atoms with van der Waals surface area (Å²) in [6.45, 7) is 2.07. The van der Waals surface area contributed by atoms with E-state index in [4.69, 9.17) is 16.6 Å². The molecular weight excluding hydrogens is 436 g/mol. The monoisotopic (exact) mass is 456 g/mol. The molecule has 154 valence electrons. The van der Waals surface area contributed by atoms with Crippen molar-refractivity contribution >= 4 is 51.2 Å². The Morgan fingerprint density at radius 1 is 1.27 bits per heavy atom. The van der Waals surface area contributed by atoms with E-state index in [1.165, 1.54) is 10.4 Å². The highest BCUT2D eigenvalue weighted by Gasteiger charge is 2.24. The van der Waals surface area contributed by atoms with Crippen molar-refractivity contribution < 1.29 is 4.79 Å². The molecule has 1 amide bonds. The molecule has 0 radical (unpaired) electrons. The van der Waals surface area contributed by atoms with Gasteiger partial charge in [-0.2, -0.15) is 0 Å². The lowest BCUT2D eigenvalue weighted by Crippen LogP contribution is -2.29. The largest absolute Gasteiger partial charge is 0.340 e. The standard InChI is InChI=1S/C22H21ClN4OS2/c1-27-8-6-13-11-19(30-17(13)7-9-27)22(28)26-20(18-3-2-10-29-18)21-24-15-5-4-14(23)12-16(15)25-21/h2-5,10-12,20H,6-9H2,1H3,(H,24,25)(H,26,28). The second-order valence-electron chi connectivity index (χ2n) is 7.57. The molecule has 4 heterocycles. The van der Waals surface area contributed by atoms with Gasteiger partial charge in [-0.1, -0.05) is 17.7 Å². The average molecular weight is 457 g/mol. The Hall–Kier alpha value is -2.19. The highest BCUT2D eigenvalue weighted by atomic mass is 35.5. The van der Waals surface area contributed by atoms with Crippen LogP contribution in [-0.4, -0.2) is 40.9 Å². The summed E-state index contributed by atoms with van der Waals surface area (Å²) in [5, 5.41) is 5.87. The molecule has 0 fully saturated rings. The summed E-state index contributed by atoms with van der Waals surface area (Å²) in [6, 6.07) is 11.3. The lowest BCUT2D eigenvalue weighted by molar-refractivity contribution is 0.0946. The molecule has 4 aromatic rings. The van der Waals surface area contributed by atoms with Crippen molar-refractivity contribution in [1.29, 1.82) is 0 Å². The zero-order valence-corrected chi connectivity index (χ0v) is 18.8. The first-order valence-corrected chi connectivity index (χ1v) is 11.9. The summed E-state index contributed by atoms with van der Waals surface area (Å²) in [7, 11) is 2.15. The van der Waals surface area contributed by atoms with Crippen LogP contribution in [0.3, 0.4) is 0 Å². The topological polar surface area (TPSA) is 61.0 Å². The Morgan fingerprint density at radius 3 is 2.97 bits per heavy atom. The van der Waals surface area contributed by atoms with Crippen LogP contribution in [0.15, 0.2) is 41.8 Å². The summed E-state index contributed by atoms with van der Waals surface area (Å²) < 4.78 is 0. The van der Waals surface area contributed by atoms with Crippen molar-refractivity contribution in [3.63, 3.8) is 0 Å². The van der Waals surface area contributed by atoms with Crippen LogP contribution in [0, 0.1) is 0 Å². The minimum Gasteiger partial charge on any atom is -0.340 e. The maximum Gasteiger partial charge on any atom is 0.262 e. The number of fused-ring (bicyclic) bond motifs is 2. The average Bonchev–Trinajstić information content (AvgIpc) is 3.46. The number of carbonyl (C=O) groups is 1. The summed E-state index contributed by atoms with van der Waals surface area (Å²) in [5.74, 6) is 0.654. The first kappa shape index (κ1) is 19.8. The molecule has 5 nitrogen and oxygen atoms in total. The molecule has 2 N–H and O–H groups in total. The van der Waals surface area contributed by atoms with Crippen LogP contribution >= 0.6 is 34.3 Å². The van der Waals surface area contributed by atoms with Crippen molar-refractivity contribution in [1.82, 2.24) is 20.2 Å². The normalized spacial score (nSPS) is 15.7. The predicted octanol–water partition coefficient (Wildman–Crippen LogP) is 4.89. The number of likely N-dealkylation sites (N-methyl/N-ethyl adjacent to an activating group) is 1. The Balaban J connectivity index is 1.44. The molecule has 0 bridgehead atoms. The number of aromatic nitrogens is 2. The minimum absolute atomic E-state index is 0.0571. The first-order chi connectivity index (χ1) is 14.6. The number of aromatic amines is 1. The van der Waals surface area contributed by atoms with E-state index < -0.39 is 0 Å². The van der Waals surface area contributed by atoms with Gasteiger partial charge in [0.1, 0.15) is 11.9 Å². The van der Waals surface area contributed by atoms with Gasteiger partial charge in [-0.05, 0) is 61.2 Å². The molecule has 1 atom stereocenters. The molecule has 5 rings (SSSR count). The molecule has 0 saturated carbocycles. The van der Waals surface area contributed by atoms with Crippen molar-refractivity contribution in [2.75, 3.05) is 20.1 Å². The second kappa shape index (κ2) is 8.15. The fourth-order valence-electron chi connectivity index (χ4n) is 3.79. The molecule has 8 heteroatoms. The van der Waals surface area contributed by atoms with E-state index in [2.05, 4.69) is 28.3 Å². The van der Waals surface area contributed by atoms with Gasteiger partial charge in [-0.3, -0.25) is 4.79 Å². The number of nitrogens with zero attached hydrogens (tertiary/aromatic N) is 2. The lowest BCUT2D eigenvalue weighted by Gasteiger charge is -2.15. The van der Waals surface area contributed by atoms with E-state index in [0.717, 1.165) is 46.7 Å². The molecule has 0 spiro atoms. The number of rotatable bonds is 4. The van der Waals surface area contributed by atoms with E-state index in [1.807, 2.05) is 35.7 Å². The fourth-order valence-corrected chi connectivity index (χ4v) is 5.84. The smallest absolute Gasteiger partial charge is 0.262 e. The van der Waals surface area contributed by atoms with Gasteiger partial charge in [0, 0.05) is 27.9 Å². The zero-order chi connectivity index (χ0) is 20.7. The number of halogens is 1. The lowest BCUT2D eigenvalue weighted by atomic mass is 10.1. The SMILES string of the molecule is CN1CCc2cc(C(=O)NC(c3nc4ccc(Cl)cc4[nH]3)c3cccs3)sc2CC1. The molecule has 3 aromatic heterocycles. The minimum atomic E-state index is -0.336. The third kappa shape index (κ3) is 3.90. The van der Waals surface area contributed by atoms with Gasteiger partial charge in [0.2, 0.25) is 0 Å². The molecule has 1 aliphatic heterocycles. The van der Waals surface area contributed by atoms with Crippen LogP contribution < -0.4 is 5.32 Å². The number of nitrogens with one attached hydrogen (secondary N) is 2. The number of amides is 1. The van der Waals surface area contributed by atoms with Crippen LogP contribution in [0.4, 0.5) is 0 Å². The third-order valence-corrected chi connectivity index (χ3v) is 7.85. The zero-order valence-electron chi connectivity index (χ0n) is 16.4. The third-order valence-electron chi connectivity index (χ3n) is 5.44. The van der Waals surface area contributed by atoms with E-state index >= 15 is 0 Å². The molecule has 1 aromatic carbocycles. The number of benzene rings is 1. The first-order valence-electron chi connectivity index (χ1n) is 9.86. The van der Waals surface area contributed by atoms with Gasteiger partial charge in [-0.25, -0.2) is 4.98 Å². The Bertz CT molecular complexity index is 1170. The Labute approximate surface area is 187 Å². The van der Waals surface area contributed by atoms with Crippen LogP contribution in [0.5, 0.6) is 0 Å². The van der Waals surface area contributed by atoms with Gasteiger partial charge in [0.25, 0.3) is 5.91 Å². The molecule has 30 heavy (non-hydrogen) atoms. The fraction of sp³-hybridized carbons (Fsp3) is 0.273. The highest BCUT2D eigenvalue weighted by molar-refractivity contribution is 7.14. The van der Waals surface area contributed by atoms with Crippen LogP contribution in [0.2, 0.25) is 5.02 Å². The second-order valence-corrected chi connectivity index (χ2v) is 10.1. The van der Waals surface area contributed by atoms with Crippen molar-refractivity contribution in [2.45, 2.75) is 18.9 Å². The van der Waals surface area contributed by atoms with Gasteiger partial charge < -0.3 is 15.2 Å². The van der Waals surface area contributed by atoms with Gasteiger partial charge in [0.15, 0.2) is 0 Å². The van der Waals surface area contributed by atoms with E-state index in [1.54, 1.807) is 22.7 Å². The van der Waals surface area contributed by atoms with Crippen molar-refractivity contribution in [3.05, 3.63) is 72.8 Å². The van der Waals surface area contributed by atoms with Crippen molar-refractivity contribution in [2.24, 2.45) is 0 Å². The predicted molar refractivity (Wildman–Crippen MR) is 124 cm³/mol. The molecule has 0 saturated heterocycles. The maximum atomic E-state index is 13.2. The molecular formula is C22H21ClN4OS2. The van der Waals surface area contributed by atoms with Crippen molar-refractivity contribution in [3.8, 4) is 0 Å². The number of carbonyl (C=O) groups excluding carboxylic acids is 1. The van der Waals surface area contributed by atoms with E-state index in [-0.39, 0.29) is 11.9 Å². The van der Waals surface area contributed by atoms with Crippen LogP contribution in [-0.2, 0) is 12.8 Å². The van der Waals surface area contributed by atoms with Crippen LogP contribution in [0.1, 0.15) is 36.9 Å². The quantitative estimate of drug-likeness (QED) is 0.459. The molecule has 0 aliphatic carbocycles. The summed E-state index contributed by atoms with van der Waals surface area (Å²) in [6.07, 6.45) is 2.00. The molecule has 1 unspecified atom stereocenters. The molecule has 1 aliphatic rings. The summed E-state index contributed by atoms with van der Waals surface area (Å²) >= 11 is 9.35. The van der Waals surface area contributed by atoms with E-state index in [9.17, 15) is 4.79 Å².